The predicted octanol–water partition coefficient (Wildman–Crippen LogP) is 0.402. The summed E-state index contributed by atoms with van der Waals surface area (Å²) in [6, 6.07) is 0. The number of nitrogens with zero attached hydrogens (tertiary/aromatic N) is 2. The van der Waals surface area contributed by atoms with Crippen molar-refractivity contribution in [1.82, 2.24) is 9.80 Å². The van der Waals surface area contributed by atoms with Crippen LogP contribution in [-0.2, 0) is 9.59 Å². The van der Waals surface area contributed by atoms with Crippen LogP contribution in [0.1, 0.15) is 33.1 Å². The number of rotatable bonds is 7. The first-order valence-electron chi connectivity index (χ1n) is 7.28. The molecule has 1 rings (SSSR count). The van der Waals surface area contributed by atoms with E-state index in [0.717, 1.165) is 25.9 Å². The Morgan fingerprint density at radius 1 is 1.35 bits per heavy atom. The lowest BCUT2D eigenvalue weighted by atomic mass is 9.99. The molecule has 1 atom stereocenters. The van der Waals surface area contributed by atoms with Crippen molar-refractivity contribution in [3.63, 3.8) is 0 Å². The van der Waals surface area contributed by atoms with E-state index in [1.807, 2.05) is 4.90 Å². The summed E-state index contributed by atoms with van der Waals surface area (Å²) in [5.74, 6) is -0.192. The third-order valence-corrected chi connectivity index (χ3v) is 3.66. The molecular formula is C14H26N2O4. The number of carboxylic acid groups (broad SMARTS) is 1. The zero-order chi connectivity index (χ0) is 15.1. The number of carbonyl (C=O) groups excluding carboxylic acids is 1. The van der Waals surface area contributed by atoms with Crippen LogP contribution >= 0.6 is 0 Å². The maximum Gasteiger partial charge on any atom is 0.304 e. The minimum Gasteiger partial charge on any atom is -0.481 e. The van der Waals surface area contributed by atoms with Crippen LogP contribution in [0.2, 0.25) is 0 Å². The Labute approximate surface area is 120 Å². The van der Waals surface area contributed by atoms with Gasteiger partial charge in [-0.2, -0.15) is 0 Å². The highest BCUT2D eigenvalue weighted by Crippen LogP contribution is 2.16. The molecule has 0 bridgehead atoms. The molecule has 0 spiro atoms. The van der Waals surface area contributed by atoms with Crippen molar-refractivity contribution in [3.8, 4) is 0 Å². The van der Waals surface area contributed by atoms with Gasteiger partial charge in [0, 0.05) is 26.2 Å². The Bertz CT molecular complexity index is 325. The van der Waals surface area contributed by atoms with Gasteiger partial charge in [0.25, 0.3) is 0 Å². The zero-order valence-electron chi connectivity index (χ0n) is 12.4. The van der Waals surface area contributed by atoms with Crippen LogP contribution in [0.4, 0.5) is 0 Å². The summed E-state index contributed by atoms with van der Waals surface area (Å²) in [7, 11) is 0. The monoisotopic (exact) mass is 286 g/mol. The second-order valence-corrected chi connectivity index (χ2v) is 5.79. The van der Waals surface area contributed by atoms with Gasteiger partial charge in [-0.1, -0.05) is 6.92 Å². The van der Waals surface area contributed by atoms with E-state index in [1.165, 1.54) is 0 Å². The minimum absolute atomic E-state index is 0.0168. The third-order valence-electron chi connectivity index (χ3n) is 3.66. The van der Waals surface area contributed by atoms with Crippen molar-refractivity contribution in [1.29, 1.82) is 0 Å². The third kappa shape index (κ3) is 6.34. The molecule has 1 unspecified atom stereocenters. The summed E-state index contributed by atoms with van der Waals surface area (Å²) in [5, 5.41) is 18.2. The van der Waals surface area contributed by atoms with E-state index in [0.29, 0.717) is 12.5 Å². The number of amides is 1. The van der Waals surface area contributed by atoms with E-state index in [4.69, 9.17) is 5.11 Å². The normalized spacial score (nSPS) is 18.3. The molecule has 1 aliphatic rings. The maximum atomic E-state index is 12.2. The van der Waals surface area contributed by atoms with Crippen molar-refractivity contribution >= 4 is 11.9 Å². The summed E-state index contributed by atoms with van der Waals surface area (Å²) >= 11 is 0. The molecule has 0 saturated carbocycles. The average molecular weight is 286 g/mol. The van der Waals surface area contributed by atoms with Crippen molar-refractivity contribution in [3.05, 3.63) is 0 Å². The Kier molecular flexibility index (Phi) is 6.95. The fraction of sp³-hybridized carbons (Fsp3) is 0.857. The van der Waals surface area contributed by atoms with Crippen LogP contribution in [0.5, 0.6) is 0 Å². The van der Waals surface area contributed by atoms with Crippen LogP contribution < -0.4 is 0 Å². The minimum atomic E-state index is -0.889. The number of likely N-dealkylation sites (tertiary alicyclic amines) is 1. The lowest BCUT2D eigenvalue weighted by molar-refractivity contribution is -0.139. The van der Waals surface area contributed by atoms with E-state index in [9.17, 15) is 14.7 Å². The molecule has 0 aromatic rings. The number of aliphatic hydroxyl groups is 1. The Morgan fingerprint density at radius 3 is 2.45 bits per heavy atom. The van der Waals surface area contributed by atoms with Crippen molar-refractivity contribution in [2.75, 3.05) is 32.7 Å². The standard InChI is InChI=1S/C14H26N2O4/c1-11-3-7-16(8-4-11)13(18)10-15(9-12(2)17)6-5-14(19)20/h11-12,17H,3-10H2,1-2H3,(H,19,20). The number of hydrogen-bond donors (Lipinski definition) is 2. The number of carbonyl (C=O) groups is 2. The zero-order valence-corrected chi connectivity index (χ0v) is 12.4. The van der Waals surface area contributed by atoms with Gasteiger partial charge in [-0.15, -0.1) is 0 Å². The van der Waals surface area contributed by atoms with Gasteiger partial charge >= 0.3 is 5.97 Å². The van der Waals surface area contributed by atoms with Crippen molar-refractivity contribution in [2.24, 2.45) is 5.92 Å². The molecule has 20 heavy (non-hydrogen) atoms. The number of aliphatic carboxylic acids is 1. The topological polar surface area (TPSA) is 81.1 Å². The quantitative estimate of drug-likeness (QED) is 0.708. The molecule has 1 heterocycles. The molecule has 6 heteroatoms. The Morgan fingerprint density at radius 2 is 1.95 bits per heavy atom. The Balaban J connectivity index is 2.45. The van der Waals surface area contributed by atoms with Gasteiger partial charge in [0.2, 0.25) is 5.91 Å². The molecule has 1 fully saturated rings. The SMILES string of the molecule is CC(O)CN(CCC(=O)O)CC(=O)N1CCC(C)CC1. The first-order chi connectivity index (χ1) is 9.38. The van der Waals surface area contributed by atoms with Crippen LogP contribution in [-0.4, -0.2) is 70.7 Å². The molecule has 1 saturated heterocycles. The fourth-order valence-corrected chi connectivity index (χ4v) is 2.41. The second-order valence-electron chi connectivity index (χ2n) is 5.79. The smallest absolute Gasteiger partial charge is 0.304 e. The van der Waals surface area contributed by atoms with Crippen LogP contribution in [0.15, 0.2) is 0 Å². The fourth-order valence-electron chi connectivity index (χ4n) is 2.41. The number of hydrogen-bond acceptors (Lipinski definition) is 4. The molecular weight excluding hydrogens is 260 g/mol. The molecule has 0 aromatic carbocycles. The molecule has 1 aliphatic heterocycles. The molecule has 2 N–H and O–H groups in total. The van der Waals surface area contributed by atoms with E-state index in [1.54, 1.807) is 11.8 Å². The highest BCUT2D eigenvalue weighted by atomic mass is 16.4. The van der Waals surface area contributed by atoms with E-state index >= 15 is 0 Å². The number of aliphatic hydroxyl groups excluding tert-OH is 1. The molecule has 0 aromatic heterocycles. The van der Waals surface area contributed by atoms with Crippen LogP contribution in [0, 0.1) is 5.92 Å². The van der Waals surface area contributed by atoms with Gasteiger partial charge in [0.05, 0.1) is 19.1 Å². The molecule has 1 amide bonds. The van der Waals surface area contributed by atoms with Crippen molar-refractivity contribution < 1.29 is 19.8 Å². The average Bonchev–Trinajstić information content (AvgIpc) is 2.36. The van der Waals surface area contributed by atoms with Crippen LogP contribution in [0.25, 0.3) is 0 Å². The summed E-state index contributed by atoms with van der Waals surface area (Å²) in [4.78, 5) is 26.4. The van der Waals surface area contributed by atoms with Crippen LogP contribution in [0.3, 0.4) is 0 Å². The van der Waals surface area contributed by atoms with Gasteiger partial charge in [0.15, 0.2) is 0 Å². The van der Waals surface area contributed by atoms with Gasteiger partial charge < -0.3 is 15.1 Å². The maximum absolute atomic E-state index is 12.2. The molecule has 6 nitrogen and oxygen atoms in total. The lowest BCUT2D eigenvalue weighted by Crippen LogP contribution is -2.45. The molecule has 0 radical (unpaired) electrons. The van der Waals surface area contributed by atoms with Crippen molar-refractivity contribution in [2.45, 2.75) is 39.2 Å². The van der Waals surface area contributed by atoms with E-state index in [-0.39, 0.29) is 25.4 Å². The first-order valence-corrected chi connectivity index (χ1v) is 7.28. The summed E-state index contributed by atoms with van der Waals surface area (Å²) < 4.78 is 0. The summed E-state index contributed by atoms with van der Waals surface area (Å²) in [5.41, 5.74) is 0. The highest BCUT2D eigenvalue weighted by molar-refractivity contribution is 5.78. The summed E-state index contributed by atoms with van der Waals surface area (Å²) in [6.45, 7) is 6.18. The lowest BCUT2D eigenvalue weighted by Gasteiger charge is -2.32. The number of carboxylic acids is 1. The van der Waals surface area contributed by atoms with Gasteiger partial charge in [0.1, 0.15) is 0 Å². The second kappa shape index (κ2) is 8.21. The predicted molar refractivity (Wildman–Crippen MR) is 75.4 cm³/mol. The van der Waals surface area contributed by atoms with E-state index in [2.05, 4.69) is 6.92 Å². The van der Waals surface area contributed by atoms with Gasteiger partial charge in [-0.05, 0) is 25.7 Å². The van der Waals surface area contributed by atoms with Gasteiger partial charge in [-0.3, -0.25) is 14.5 Å². The van der Waals surface area contributed by atoms with E-state index < -0.39 is 12.1 Å². The molecule has 116 valence electrons. The highest BCUT2D eigenvalue weighted by Gasteiger charge is 2.22. The number of piperidine rings is 1. The largest absolute Gasteiger partial charge is 0.481 e. The Hall–Kier alpha value is -1.14. The van der Waals surface area contributed by atoms with Gasteiger partial charge in [-0.25, -0.2) is 0 Å². The summed E-state index contributed by atoms with van der Waals surface area (Å²) in [6.07, 6.45) is 1.46. The first kappa shape index (κ1) is 16.9. The molecule has 0 aliphatic carbocycles.